The molecular weight excluding hydrogens is 272 g/mol. The third kappa shape index (κ3) is 4.59. The van der Waals surface area contributed by atoms with Crippen LogP contribution >= 0.6 is 0 Å². The molecule has 0 aliphatic rings. The smallest absolute Gasteiger partial charge is 0.422 e. The van der Waals surface area contributed by atoms with Crippen molar-refractivity contribution in [3.8, 4) is 0 Å². The molecule has 0 atom stereocenters. The summed E-state index contributed by atoms with van der Waals surface area (Å²) in [7, 11) is -3.17. The highest BCUT2D eigenvalue weighted by Gasteiger charge is 2.23. The molecule has 0 heterocycles. The maximum Gasteiger partial charge on any atom is 0.422 e. The molecule has 2 amide bonds. The molecule has 1 rings (SSSR count). The lowest BCUT2D eigenvalue weighted by Crippen LogP contribution is -2.43. The molecule has 0 fully saturated rings. The molecule has 1 N–H and O–H groups in total. The lowest BCUT2D eigenvalue weighted by molar-refractivity contribution is -0.123. The number of rotatable bonds is 4. The third-order valence-corrected chi connectivity index (χ3v) is 3.63. The first-order valence-corrected chi connectivity index (χ1v) is 6.75. The Morgan fingerprint density at radius 3 is 2.37 bits per heavy atom. The minimum absolute atomic E-state index is 0.0635. The third-order valence-electron chi connectivity index (χ3n) is 2.23. The van der Waals surface area contributed by atoms with E-state index in [1.54, 1.807) is 35.1 Å². The van der Waals surface area contributed by atoms with E-state index in [0.29, 0.717) is 4.31 Å². The molecule has 0 unspecified atom stereocenters. The zero-order valence-corrected chi connectivity index (χ0v) is 11.3. The molecule has 7 nitrogen and oxygen atoms in total. The van der Waals surface area contributed by atoms with Crippen molar-refractivity contribution in [2.45, 2.75) is 13.5 Å². The Labute approximate surface area is 111 Å². The number of carbonyl (C=O) groups excluding carboxylic acids is 2. The van der Waals surface area contributed by atoms with Crippen molar-refractivity contribution in [1.29, 1.82) is 0 Å². The largest absolute Gasteiger partial charge is 0.444 e. The van der Waals surface area contributed by atoms with Crippen LogP contribution in [0.3, 0.4) is 0 Å². The number of hydrogen-bond acceptors (Lipinski definition) is 5. The van der Waals surface area contributed by atoms with Crippen molar-refractivity contribution in [2.24, 2.45) is 0 Å². The molecule has 0 aliphatic heterocycles. The van der Waals surface area contributed by atoms with Gasteiger partial charge >= 0.3 is 16.3 Å². The van der Waals surface area contributed by atoms with Crippen LogP contribution in [0.4, 0.5) is 4.79 Å². The van der Waals surface area contributed by atoms with Gasteiger partial charge in [-0.15, -0.1) is 0 Å². The fraction of sp³-hybridized carbons (Fsp3) is 0.273. The summed E-state index contributed by atoms with van der Waals surface area (Å²) in [5.74, 6) is -0.719. The molecule has 0 bridgehead atoms. The Kier molecular flexibility index (Phi) is 4.87. The van der Waals surface area contributed by atoms with Gasteiger partial charge in [0.1, 0.15) is 6.61 Å². The first kappa shape index (κ1) is 15.0. The fourth-order valence-electron chi connectivity index (χ4n) is 1.10. The van der Waals surface area contributed by atoms with Crippen LogP contribution < -0.4 is 4.72 Å². The number of nitrogens with one attached hydrogen (secondary N) is 1. The fourth-order valence-corrected chi connectivity index (χ4v) is 1.84. The quantitative estimate of drug-likeness (QED) is 0.876. The SMILES string of the molecule is CC(=O)N(C)S(=O)(=O)NC(=O)OCc1ccccc1. The summed E-state index contributed by atoms with van der Waals surface area (Å²) in [6, 6.07) is 8.77. The standard InChI is InChI=1S/C11H14N2O5S/c1-9(14)13(2)19(16,17)12-11(15)18-8-10-6-4-3-5-7-10/h3-7H,8H2,1-2H3,(H,12,15). The molecule has 0 aliphatic carbocycles. The number of hydrogen-bond donors (Lipinski definition) is 1. The minimum Gasteiger partial charge on any atom is -0.444 e. The summed E-state index contributed by atoms with van der Waals surface area (Å²) in [6.45, 7) is 1.00. The number of nitrogens with zero attached hydrogens (tertiary/aromatic N) is 1. The second-order valence-corrected chi connectivity index (χ2v) is 5.36. The van der Waals surface area contributed by atoms with E-state index < -0.39 is 22.2 Å². The van der Waals surface area contributed by atoms with Gasteiger partial charge in [0.05, 0.1) is 0 Å². The van der Waals surface area contributed by atoms with E-state index in [0.717, 1.165) is 19.5 Å². The highest BCUT2D eigenvalue weighted by molar-refractivity contribution is 7.88. The van der Waals surface area contributed by atoms with Crippen LogP contribution in [-0.2, 0) is 26.3 Å². The van der Waals surface area contributed by atoms with Crippen molar-refractivity contribution in [1.82, 2.24) is 9.03 Å². The molecule has 0 spiro atoms. The maximum atomic E-state index is 11.5. The Morgan fingerprint density at radius 1 is 1.26 bits per heavy atom. The minimum atomic E-state index is -4.20. The van der Waals surface area contributed by atoms with Gasteiger partial charge in [0.25, 0.3) is 0 Å². The molecule has 1 aromatic rings. The van der Waals surface area contributed by atoms with Crippen LogP contribution in [-0.4, -0.2) is 31.8 Å². The summed E-state index contributed by atoms with van der Waals surface area (Å²) in [6.07, 6.45) is -1.14. The highest BCUT2D eigenvalue weighted by Crippen LogP contribution is 2.01. The second kappa shape index (κ2) is 6.19. The normalized spacial score (nSPS) is 10.6. The molecule has 1 aromatic carbocycles. The number of carbonyl (C=O) groups is 2. The Bertz CT molecular complexity index is 556. The van der Waals surface area contributed by atoms with E-state index in [1.165, 1.54) is 0 Å². The maximum absolute atomic E-state index is 11.5. The Hall–Kier alpha value is -2.09. The molecule has 104 valence electrons. The molecule has 19 heavy (non-hydrogen) atoms. The van der Waals surface area contributed by atoms with Gasteiger partial charge in [0, 0.05) is 14.0 Å². The topological polar surface area (TPSA) is 92.8 Å². The lowest BCUT2D eigenvalue weighted by atomic mass is 10.2. The summed E-state index contributed by atoms with van der Waals surface area (Å²) >= 11 is 0. The van der Waals surface area contributed by atoms with Gasteiger partial charge in [-0.1, -0.05) is 30.3 Å². The van der Waals surface area contributed by atoms with Gasteiger partial charge < -0.3 is 4.74 Å². The molecule has 0 radical (unpaired) electrons. The van der Waals surface area contributed by atoms with E-state index in [9.17, 15) is 18.0 Å². The monoisotopic (exact) mass is 286 g/mol. The van der Waals surface area contributed by atoms with Crippen LogP contribution in [0.25, 0.3) is 0 Å². The van der Waals surface area contributed by atoms with Gasteiger partial charge in [-0.25, -0.2) is 13.8 Å². The van der Waals surface area contributed by atoms with Crippen molar-refractivity contribution in [3.63, 3.8) is 0 Å². The molecular formula is C11H14N2O5S. The summed E-state index contributed by atoms with van der Waals surface area (Å²) in [5, 5.41) is 0. The molecule has 0 saturated heterocycles. The number of benzene rings is 1. The average molecular weight is 286 g/mol. The van der Waals surface area contributed by atoms with Crippen molar-refractivity contribution < 1.29 is 22.7 Å². The van der Waals surface area contributed by atoms with Gasteiger partial charge in [-0.2, -0.15) is 8.42 Å². The van der Waals surface area contributed by atoms with Gasteiger partial charge in [-0.3, -0.25) is 4.79 Å². The van der Waals surface area contributed by atoms with E-state index >= 15 is 0 Å². The van der Waals surface area contributed by atoms with Crippen LogP contribution in [0.1, 0.15) is 12.5 Å². The molecule has 0 aromatic heterocycles. The first-order chi connectivity index (χ1) is 8.83. The van der Waals surface area contributed by atoms with Crippen LogP contribution in [0.5, 0.6) is 0 Å². The summed E-state index contributed by atoms with van der Waals surface area (Å²) in [4.78, 5) is 22.2. The summed E-state index contributed by atoms with van der Waals surface area (Å²) in [5.41, 5.74) is 0.718. The predicted octanol–water partition coefficient (Wildman–Crippen LogP) is 0.636. The van der Waals surface area contributed by atoms with Crippen molar-refractivity contribution in [2.75, 3.05) is 7.05 Å². The van der Waals surface area contributed by atoms with E-state index in [2.05, 4.69) is 0 Å². The van der Waals surface area contributed by atoms with Crippen LogP contribution in [0.15, 0.2) is 30.3 Å². The highest BCUT2D eigenvalue weighted by atomic mass is 32.2. The van der Waals surface area contributed by atoms with E-state index in [4.69, 9.17) is 4.74 Å². The van der Waals surface area contributed by atoms with Crippen molar-refractivity contribution >= 4 is 22.2 Å². The number of ether oxygens (including phenoxy) is 1. The van der Waals surface area contributed by atoms with Gasteiger partial charge in [0.2, 0.25) is 5.91 Å². The second-order valence-electron chi connectivity index (χ2n) is 3.66. The Morgan fingerprint density at radius 2 is 1.84 bits per heavy atom. The zero-order valence-electron chi connectivity index (χ0n) is 10.5. The lowest BCUT2D eigenvalue weighted by Gasteiger charge is -2.15. The summed E-state index contributed by atoms with van der Waals surface area (Å²) < 4.78 is 29.7. The van der Waals surface area contributed by atoms with Gasteiger partial charge in [-0.05, 0) is 5.56 Å². The van der Waals surface area contributed by atoms with Gasteiger partial charge in [0.15, 0.2) is 0 Å². The first-order valence-electron chi connectivity index (χ1n) is 5.31. The molecule has 8 heteroatoms. The average Bonchev–Trinajstić information content (AvgIpc) is 2.36. The van der Waals surface area contributed by atoms with E-state index in [-0.39, 0.29) is 6.61 Å². The molecule has 0 saturated carbocycles. The Balaban J connectivity index is 2.54. The van der Waals surface area contributed by atoms with Crippen LogP contribution in [0, 0.1) is 0 Å². The van der Waals surface area contributed by atoms with Crippen molar-refractivity contribution in [3.05, 3.63) is 35.9 Å². The number of amides is 2. The van der Waals surface area contributed by atoms with Crippen LogP contribution in [0.2, 0.25) is 0 Å². The van der Waals surface area contributed by atoms with E-state index in [1.807, 2.05) is 0 Å². The zero-order chi connectivity index (χ0) is 14.5. The predicted molar refractivity (Wildman–Crippen MR) is 67.1 cm³/mol.